The van der Waals surface area contributed by atoms with Crippen molar-refractivity contribution in [2.45, 2.75) is 32.7 Å². The number of carbonyl (C=O) groups excluding carboxylic acids is 1. The van der Waals surface area contributed by atoms with Crippen LogP contribution in [0.4, 0.5) is 5.69 Å². The van der Waals surface area contributed by atoms with Crippen LogP contribution in [0, 0.1) is 11.3 Å². The van der Waals surface area contributed by atoms with Crippen LogP contribution in [0.1, 0.15) is 41.5 Å². The molecule has 0 radical (unpaired) electrons. The monoisotopic (exact) mass is 233 g/mol. The van der Waals surface area contributed by atoms with Gasteiger partial charge < -0.3 is 15.0 Å². The zero-order chi connectivity index (χ0) is 12.4. The van der Waals surface area contributed by atoms with E-state index >= 15 is 0 Å². The molecule has 1 aliphatic rings. The fourth-order valence-corrected chi connectivity index (χ4v) is 2.31. The summed E-state index contributed by atoms with van der Waals surface area (Å²) in [6, 6.07) is 2.07. The highest BCUT2D eigenvalue weighted by atomic mass is 16.5. The molecule has 0 spiro atoms. The molecule has 0 aliphatic carbocycles. The van der Waals surface area contributed by atoms with Gasteiger partial charge in [-0.1, -0.05) is 0 Å². The molecule has 1 aromatic rings. The molecule has 0 unspecified atom stereocenters. The molecule has 2 N–H and O–H groups in total. The van der Waals surface area contributed by atoms with Crippen LogP contribution >= 0.6 is 0 Å². The number of anilines is 1. The third-order valence-corrected chi connectivity index (χ3v) is 3.04. The lowest BCUT2D eigenvalue weighted by Crippen LogP contribution is -2.15. The van der Waals surface area contributed by atoms with E-state index in [9.17, 15) is 4.79 Å². The first-order valence-corrected chi connectivity index (χ1v) is 5.78. The molecule has 0 fully saturated rings. The molecule has 5 nitrogen and oxygen atoms in total. The summed E-state index contributed by atoms with van der Waals surface area (Å²) >= 11 is 0. The third-order valence-electron chi connectivity index (χ3n) is 3.04. The molecule has 0 amide bonds. The van der Waals surface area contributed by atoms with Crippen LogP contribution in [0.15, 0.2) is 0 Å². The van der Waals surface area contributed by atoms with Gasteiger partial charge in [0.1, 0.15) is 17.3 Å². The summed E-state index contributed by atoms with van der Waals surface area (Å²) < 4.78 is 6.84. The number of ether oxygens (including phenoxy) is 1. The molecule has 90 valence electrons. The quantitative estimate of drug-likeness (QED) is 0.784. The maximum Gasteiger partial charge on any atom is 0.342 e. The van der Waals surface area contributed by atoms with Crippen molar-refractivity contribution in [3.8, 4) is 6.07 Å². The van der Waals surface area contributed by atoms with E-state index in [-0.39, 0.29) is 5.69 Å². The predicted octanol–water partition coefficient (Wildman–Crippen LogP) is 1.45. The van der Waals surface area contributed by atoms with Gasteiger partial charge in [-0.2, -0.15) is 5.26 Å². The largest absolute Gasteiger partial charge is 0.462 e. The molecular formula is C12H15N3O2. The number of nitrogens with two attached hydrogens (primary N) is 1. The molecule has 2 rings (SSSR count). The Morgan fingerprint density at radius 2 is 2.35 bits per heavy atom. The molecular weight excluding hydrogens is 218 g/mol. The second-order valence-corrected chi connectivity index (χ2v) is 4.02. The summed E-state index contributed by atoms with van der Waals surface area (Å²) in [5.41, 5.74) is 7.78. The molecule has 1 aliphatic heterocycles. The van der Waals surface area contributed by atoms with Crippen LogP contribution in [0.5, 0.6) is 0 Å². The minimum atomic E-state index is -0.419. The van der Waals surface area contributed by atoms with Crippen molar-refractivity contribution in [3.05, 3.63) is 17.0 Å². The minimum Gasteiger partial charge on any atom is -0.462 e. The van der Waals surface area contributed by atoms with E-state index < -0.39 is 5.97 Å². The van der Waals surface area contributed by atoms with Gasteiger partial charge in [-0.25, -0.2) is 4.79 Å². The number of fused-ring (bicyclic) bond motifs is 1. The molecule has 0 saturated carbocycles. The van der Waals surface area contributed by atoms with Crippen molar-refractivity contribution >= 4 is 11.7 Å². The Labute approximate surface area is 99.8 Å². The van der Waals surface area contributed by atoms with Gasteiger partial charge in [-0.15, -0.1) is 0 Å². The normalized spacial score (nSPS) is 13.9. The smallest absolute Gasteiger partial charge is 0.342 e. The first-order valence-electron chi connectivity index (χ1n) is 5.78. The number of nitrogen functional groups attached to an aromatic ring is 1. The van der Waals surface area contributed by atoms with Crippen molar-refractivity contribution in [1.29, 1.82) is 5.26 Å². The predicted molar refractivity (Wildman–Crippen MR) is 62.5 cm³/mol. The Morgan fingerprint density at radius 3 is 3.00 bits per heavy atom. The fraction of sp³-hybridized carbons (Fsp3) is 0.500. The number of rotatable bonds is 2. The van der Waals surface area contributed by atoms with E-state index in [0.29, 0.717) is 17.9 Å². The van der Waals surface area contributed by atoms with Gasteiger partial charge in [0.15, 0.2) is 0 Å². The van der Waals surface area contributed by atoms with Crippen molar-refractivity contribution < 1.29 is 9.53 Å². The van der Waals surface area contributed by atoms with Crippen molar-refractivity contribution in [2.24, 2.45) is 0 Å². The Hall–Kier alpha value is -1.96. The SMILES string of the molecule is CCOC(=O)c1c(N)c(C#N)n2c1CCCC2. The molecule has 1 aromatic heterocycles. The Bertz CT molecular complexity index is 497. The molecule has 0 aromatic carbocycles. The lowest BCUT2D eigenvalue weighted by Gasteiger charge is -2.16. The van der Waals surface area contributed by atoms with E-state index in [1.54, 1.807) is 6.92 Å². The average Bonchev–Trinajstić information content (AvgIpc) is 2.61. The lowest BCUT2D eigenvalue weighted by atomic mass is 10.1. The van der Waals surface area contributed by atoms with E-state index in [2.05, 4.69) is 6.07 Å². The zero-order valence-corrected chi connectivity index (χ0v) is 9.82. The summed E-state index contributed by atoms with van der Waals surface area (Å²) in [7, 11) is 0. The molecule has 0 saturated heterocycles. The second-order valence-electron chi connectivity index (χ2n) is 4.02. The Balaban J connectivity index is 2.55. The standard InChI is InChI=1S/C12H15N3O2/c1-2-17-12(16)10-8-5-3-4-6-15(8)9(7-13)11(10)14/h2-6,14H2,1H3. The molecule has 5 heteroatoms. The van der Waals surface area contributed by atoms with Crippen molar-refractivity contribution in [1.82, 2.24) is 4.57 Å². The number of carbonyl (C=O) groups is 1. The molecule has 2 heterocycles. The topological polar surface area (TPSA) is 81.0 Å². The van der Waals surface area contributed by atoms with Crippen LogP contribution in [0.2, 0.25) is 0 Å². The first kappa shape index (κ1) is 11.5. The van der Waals surface area contributed by atoms with Gasteiger partial charge >= 0.3 is 5.97 Å². The van der Waals surface area contributed by atoms with Crippen LogP contribution in [0.3, 0.4) is 0 Å². The maximum absolute atomic E-state index is 11.8. The Morgan fingerprint density at radius 1 is 1.59 bits per heavy atom. The second kappa shape index (κ2) is 4.50. The summed E-state index contributed by atoms with van der Waals surface area (Å²) in [5.74, 6) is -0.419. The molecule has 0 atom stereocenters. The highest BCUT2D eigenvalue weighted by Gasteiger charge is 2.27. The molecule has 0 bridgehead atoms. The van der Waals surface area contributed by atoms with Crippen molar-refractivity contribution in [3.63, 3.8) is 0 Å². The highest BCUT2D eigenvalue weighted by Crippen LogP contribution is 2.30. The van der Waals surface area contributed by atoms with Gasteiger partial charge in [0.2, 0.25) is 0 Å². The van der Waals surface area contributed by atoms with Gasteiger partial charge in [-0.3, -0.25) is 0 Å². The highest BCUT2D eigenvalue weighted by molar-refractivity contribution is 5.98. The fourth-order valence-electron chi connectivity index (χ4n) is 2.31. The number of hydrogen-bond acceptors (Lipinski definition) is 4. The number of hydrogen-bond donors (Lipinski definition) is 1. The summed E-state index contributed by atoms with van der Waals surface area (Å²) in [4.78, 5) is 11.8. The summed E-state index contributed by atoms with van der Waals surface area (Å²) in [6.45, 7) is 2.81. The average molecular weight is 233 g/mol. The van der Waals surface area contributed by atoms with Crippen LogP contribution in [0.25, 0.3) is 0 Å². The summed E-state index contributed by atoms with van der Waals surface area (Å²) in [6.07, 6.45) is 2.80. The summed E-state index contributed by atoms with van der Waals surface area (Å²) in [5, 5.41) is 9.10. The van der Waals surface area contributed by atoms with E-state index in [4.69, 9.17) is 15.7 Å². The van der Waals surface area contributed by atoms with Gasteiger partial charge in [-0.05, 0) is 26.2 Å². The van der Waals surface area contributed by atoms with Gasteiger partial charge in [0.05, 0.1) is 12.3 Å². The first-order chi connectivity index (χ1) is 8.20. The lowest BCUT2D eigenvalue weighted by molar-refractivity contribution is 0.0526. The van der Waals surface area contributed by atoms with Crippen LogP contribution < -0.4 is 5.73 Å². The van der Waals surface area contributed by atoms with Crippen LogP contribution in [-0.2, 0) is 17.7 Å². The van der Waals surface area contributed by atoms with Gasteiger partial charge in [0, 0.05) is 12.2 Å². The van der Waals surface area contributed by atoms with E-state index in [1.165, 1.54) is 0 Å². The van der Waals surface area contributed by atoms with E-state index in [0.717, 1.165) is 31.5 Å². The van der Waals surface area contributed by atoms with Crippen LogP contribution in [-0.4, -0.2) is 17.1 Å². The maximum atomic E-state index is 11.8. The van der Waals surface area contributed by atoms with Crippen molar-refractivity contribution in [2.75, 3.05) is 12.3 Å². The number of esters is 1. The van der Waals surface area contributed by atoms with Gasteiger partial charge in [0.25, 0.3) is 0 Å². The minimum absolute atomic E-state index is 0.267. The number of nitriles is 1. The van der Waals surface area contributed by atoms with E-state index in [1.807, 2.05) is 4.57 Å². The Kier molecular flexibility index (Phi) is 3.05. The number of nitrogens with zero attached hydrogens (tertiary/aromatic N) is 2. The molecule has 17 heavy (non-hydrogen) atoms. The zero-order valence-electron chi connectivity index (χ0n) is 9.82. The number of aromatic nitrogens is 1. The third kappa shape index (κ3) is 1.76.